The fourth-order valence-corrected chi connectivity index (χ4v) is 2.05. The molecule has 1 aliphatic heterocycles. The topological polar surface area (TPSA) is 104 Å². The van der Waals surface area contributed by atoms with Crippen molar-refractivity contribution < 1.29 is 19.2 Å². The lowest BCUT2D eigenvalue weighted by atomic mass is 10.0. The third-order valence-electron chi connectivity index (χ3n) is 2.96. The fourth-order valence-electron chi connectivity index (χ4n) is 2.05. The Labute approximate surface area is 117 Å². The Morgan fingerprint density at radius 3 is 2.50 bits per heavy atom. The summed E-state index contributed by atoms with van der Waals surface area (Å²) < 4.78 is 0. The smallest absolute Gasteiger partial charge is 0.249 e. The van der Waals surface area contributed by atoms with Gasteiger partial charge in [0, 0.05) is 13.3 Å². The number of carbonyl (C=O) groups excluding carboxylic acids is 4. The molecule has 1 saturated heterocycles. The van der Waals surface area contributed by atoms with Gasteiger partial charge in [0.15, 0.2) is 0 Å². The molecule has 3 N–H and O–H groups in total. The van der Waals surface area contributed by atoms with E-state index in [2.05, 4.69) is 16.0 Å². The number of amides is 4. The van der Waals surface area contributed by atoms with Gasteiger partial charge >= 0.3 is 0 Å². The first-order valence-electron chi connectivity index (χ1n) is 6.70. The van der Waals surface area contributed by atoms with Gasteiger partial charge in [0.2, 0.25) is 23.6 Å². The van der Waals surface area contributed by atoms with Crippen LogP contribution in [0.5, 0.6) is 0 Å². The van der Waals surface area contributed by atoms with Gasteiger partial charge in [-0.3, -0.25) is 24.5 Å². The zero-order valence-electron chi connectivity index (χ0n) is 12.0. The fraction of sp³-hybridized carbons (Fsp3) is 0.692. The minimum atomic E-state index is -0.719. The second kappa shape index (κ2) is 7.02. The van der Waals surface area contributed by atoms with Gasteiger partial charge in [-0.2, -0.15) is 0 Å². The van der Waals surface area contributed by atoms with Crippen LogP contribution < -0.4 is 16.0 Å². The zero-order chi connectivity index (χ0) is 15.3. The monoisotopic (exact) mass is 283 g/mol. The number of carbonyl (C=O) groups is 4. The predicted molar refractivity (Wildman–Crippen MR) is 71.4 cm³/mol. The van der Waals surface area contributed by atoms with Gasteiger partial charge < -0.3 is 10.6 Å². The van der Waals surface area contributed by atoms with E-state index in [9.17, 15) is 19.2 Å². The highest BCUT2D eigenvalue weighted by Gasteiger charge is 2.30. The molecule has 0 aromatic heterocycles. The number of rotatable bonds is 5. The molecule has 0 spiro atoms. The van der Waals surface area contributed by atoms with E-state index in [0.29, 0.717) is 6.42 Å². The van der Waals surface area contributed by atoms with Crippen LogP contribution in [0.3, 0.4) is 0 Å². The molecule has 0 aromatic carbocycles. The van der Waals surface area contributed by atoms with Crippen molar-refractivity contribution in [3.8, 4) is 0 Å². The summed E-state index contributed by atoms with van der Waals surface area (Å²) in [5.74, 6) is -1.31. The van der Waals surface area contributed by atoms with Crippen LogP contribution in [0.15, 0.2) is 0 Å². The van der Waals surface area contributed by atoms with Crippen molar-refractivity contribution in [2.45, 2.75) is 52.1 Å². The van der Waals surface area contributed by atoms with Crippen LogP contribution in [0.2, 0.25) is 0 Å². The van der Waals surface area contributed by atoms with Gasteiger partial charge in [-0.1, -0.05) is 13.8 Å². The Morgan fingerprint density at radius 1 is 1.35 bits per heavy atom. The maximum Gasteiger partial charge on any atom is 0.249 e. The summed E-state index contributed by atoms with van der Waals surface area (Å²) in [7, 11) is 0. The molecule has 0 aromatic rings. The van der Waals surface area contributed by atoms with Gasteiger partial charge in [0.1, 0.15) is 12.1 Å². The second-order valence-corrected chi connectivity index (χ2v) is 5.39. The van der Waals surface area contributed by atoms with E-state index in [1.165, 1.54) is 6.92 Å². The SMILES string of the molecule is CC(=O)N[C@H](CC(C)C)C(=O)NC1CCC(=O)NC1=O. The molecule has 0 radical (unpaired) electrons. The highest BCUT2D eigenvalue weighted by atomic mass is 16.2. The molecule has 0 saturated carbocycles. The van der Waals surface area contributed by atoms with Crippen molar-refractivity contribution in [1.29, 1.82) is 0 Å². The van der Waals surface area contributed by atoms with Crippen molar-refractivity contribution in [2.75, 3.05) is 0 Å². The van der Waals surface area contributed by atoms with Gasteiger partial charge in [0.25, 0.3) is 0 Å². The number of hydrogen-bond donors (Lipinski definition) is 3. The van der Waals surface area contributed by atoms with Crippen LogP contribution >= 0.6 is 0 Å². The Balaban J connectivity index is 2.63. The zero-order valence-corrected chi connectivity index (χ0v) is 12.0. The summed E-state index contributed by atoms with van der Waals surface area (Å²) >= 11 is 0. The third kappa shape index (κ3) is 4.99. The summed E-state index contributed by atoms with van der Waals surface area (Å²) in [4.78, 5) is 45.8. The molecule has 2 atom stereocenters. The lowest BCUT2D eigenvalue weighted by Gasteiger charge is -2.25. The summed E-state index contributed by atoms with van der Waals surface area (Å²) in [6, 6.07) is -1.39. The average molecular weight is 283 g/mol. The Kier molecular flexibility index (Phi) is 5.66. The number of hydrogen-bond acceptors (Lipinski definition) is 4. The molecule has 1 aliphatic rings. The average Bonchev–Trinajstić information content (AvgIpc) is 2.30. The number of imide groups is 1. The van der Waals surface area contributed by atoms with Gasteiger partial charge in [-0.25, -0.2) is 0 Å². The molecule has 0 bridgehead atoms. The summed E-state index contributed by atoms with van der Waals surface area (Å²) in [5.41, 5.74) is 0. The molecule has 0 aliphatic carbocycles. The first kappa shape index (κ1) is 16.1. The van der Waals surface area contributed by atoms with Crippen LogP contribution in [-0.2, 0) is 19.2 Å². The lowest BCUT2D eigenvalue weighted by molar-refractivity contribution is -0.138. The van der Waals surface area contributed by atoms with E-state index in [0.717, 1.165) is 0 Å². The quantitative estimate of drug-likeness (QED) is 0.589. The third-order valence-corrected chi connectivity index (χ3v) is 2.96. The Morgan fingerprint density at radius 2 is 2.00 bits per heavy atom. The van der Waals surface area contributed by atoms with Crippen molar-refractivity contribution in [3.63, 3.8) is 0 Å². The summed E-state index contributed by atoms with van der Waals surface area (Å²) in [5, 5.41) is 7.33. The van der Waals surface area contributed by atoms with E-state index in [-0.39, 0.29) is 30.6 Å². The molecule has 1 rings (SSSR count). The van der Waals surface area contributed by atoms with E-state index in [4.69, 9.17) is 0 Å². The van der Waals surface area contributed by atoms with E-state index in [1.54, 1.807) is 0 Å². The molecule has 1 unspecified atom stereocenters. The summed E-state index contributed by atoms with van der Waals surface area (Å²) in [6.07, 6.45) is 0.967. The van der Waals surface area contributed by atoms with Crippen LogP contribution in [-0.4, -0.2) is 35.7 Å². The first-order chi connectivity index (χ1) is 9.29. The normalized spacial score (nSPS) is 20.3. The predicted octanol–water partition coefficient (Wildman–Crippen LogP) is -0.541. The summed E-state index contributed by atoms with van der Waals surface area (Å²) in [6.45, 7) is 5.22. The first-order valence-corrected chi connectivity index (χ1v) is 6.70. The van der Waals surface area contributed by atoms with Crippen LogP contribution in [0.25, 0.3) is 0 Å². The van der Waals surface area contributed by atoms with Crippen molar-refractivity contribution in [2.24, 2.45) is 5.92 Å². The van der Waals surface area contributed by atoms with Gasteiger partial charge in [-0.05, 0) is 18.8 Å². The molecule has 7 heteroatoms. The van der Waals surface area contributed by atoms with E-state index in [1.807, 2.05) is 13.8 Å². The molecule has 1 fully saturated rings. The number of piperidine rings is 1. The number of nitrogens with one attached hydrogen (secondary N) is 3. The van der Waals surface area contributed by atoms with Gasteiger partial charge in [0.05, 0.1) is 0 Å². The maximum atomic E-state index is 12.1. The van der Waals surface area contributed by atoms with Crippen molar-refractivity contribution >= 4 is 23.6 Å². The highest BCUT2D eigenvalue weighted by molar-refractivity contribution is 6.02. The van der Waals surface area contributed by atoms with Crippen LogP contribution in [0.1, 0.15) is 40.0 Å². The maximum absolute atomic E-state index is 12.1. The Hall–Kier alpha value is -1.92. The Bertz CT molecular complexity index is 420. The minimum Gasteiger partial charge on any atom is -0.345 e. The molecular formula is C13H21N3O4. The minimum absolute atomic E-state index is 0.200. The van der Waals surface area contributed by atoms with Gasteiger partial charge in [-0.15, -0.1) is 0 Å². The van der Waals surface area contributed by atoms with Crippen LogP contribution in [0.4, 0.5) is 0 Å². The molecular weight excluding hydrogens is 262 g/mol. The highest BCUT2D eigenvalue weighted by Crippen LogP contribution is 2.08. The molecule has 7 nitrogen and oxygen atoms in total. The van der Waals surface area contributed by atoms with E-state index >= 15 is 0 Å². The molecule has 112 valence electrons. The largest absolute Gasteiger partial charge is 0.345 e. The van der Waals surface area contributed by atoms with Crippen LogP contribution in [0, 0.1) is 5.92 Å². The van der Waals surface area contributed by atoms with E-state index < -0.39 is 23.9 Å². The van der Waals surface area contributed by atoms with Crippen molar-refractivity contribution in [3.05, 3.63) is 0 Å². The standard InChI is InChI=1S/C13H21N3O4/c1-7(2)6-10(14-8(3)17)13(20)15-9-4-5-11(18)16-12(9)19/h7,9-10H,4-6H2,1-3H3,(H,14,17)(H,15,20)(H,16,18,19)/t9?,10-/m1/s1. The molecule has 1 heterocycles. The molecule has 20 heavy (non-hydrogen) atoms. The van der Waals surface area contributed by atoms with Crippen molar-refractivity contribution in [1.82, 2.24) is 16.0 Å². The second-order valence-electron chi connectivity index (χ2n) is 5.39. The lowest BCUT2D eigenvalue weighted by Crippen LogP contribution is -2.56. The molecule has 4 amide bonds.